The van der Waals surface area contributed by atoms with E-state index < -0.39 is 55.7 Å². The van der Waals surface area contributed by atoms with E-state index in [9.17, 15) is 40.5 Å². The van der Waals surface area contributed by atoms with Crippen molar-refractivity contribution in [2.45, 2.75) is 24.9 Å². The smallest absolute Gasteiger partial charge is 0.404 e. The predicted octanol–water partition coefficient (Wildman–Crippen LogP) is 4.07. The van der Waals surface area contributed by atoms with E-state index in [0.29, 0.717) is 17.9 Å². The molecule has 37 heavy (non-hydrogen) atoms. The zero-order valence-electron chi connectivity index (χ0n) is 18.5. The summed E-state index contributed by atoms with van der Waals surface area (Å²) in [6.45, 7) is -0.505. The average Bonchev–Trinajstić information content (AvgIpc) is 2.93. The Morgan fingerprint density at radius 1 is 1.05 bits per heavy atom. The Labute approximate surface area is 210 Å². The number of thioether (sulfide) groups is 1. The van der Waals surface area contributed by atoms with Gasteiger partial charge in [0.15, 0.2) is 0 Å². The quantitative estimate of drug-likeness (QED) is 0.353. The van der Waals surface area contributed by atoms with Crippen LogP contribution in [0.25, 0.3) is 0 Å². The van der Waals surface area contributed by atoms with Gasteiger partial charge in [0, 0.05) is 30.2 Å². The summed E-state index contributed by atoms with van der Waals surface area (Å²) < 4.78 is 94.4. The van der Waals surface area contributed by atoms with Crippen LogP contribution in [0, 0.1) is 0 Å². The number of nitrogens with one attached hydrogen (secondary N) is 1. The van der Waals surface area contributed by atoms with Crippen molar-refractivity contribution in [1.82, 2.24) is 10.2 Å². The molecule has 1 heterocycles. The minimum atomic E-state index is -5.03. The second-order valence-corrected chi connectivity index (χ2v) is 10.2. The molecule has 1 fully saturated rings. The maximum absolute atomic E-state index is 13.2. The average molecular weight is 572 g/mol. The Hall–Kier alpha value is -2.74. The number of halogens is 6. The van der Waals surface area contributed by atoms with Gasteiger partial charge in [-0.25, -0.2) is 4.57 Å². The molecule has 3 N–H and O–H groups in total. The summed E-state index contributed by atoms with van der Waals surface area (Å²) in [5.74, 6) is -1.20. The fourth-order valence-electron chi connectivity index (χ4n) is 3.42. The summed E-state index contributed by atoms with van der Waals surface area (Å²) in [5, 5.41) is 2.47. The molecule has 0 radical (unpaired) electrons. The van der Waals surface area contributed by atoms with Crippen molar-refractivity contribution in [3.8, 4) is 5.75 Å². The van der Waals surface area contributed by atoms with Gasteiger partial charge in [0.2, 0.25) is 5.91 Å². The van der Waals surface area contributed by atoms with Gasteiger partial charge in [-0.05, 0) is 48.0 Å². The Morgan fingerprint density at radius 3 is 2.14 bits per heavy atom. The highest BCUT2D eigenvalue weighted by Gasteiger charge is 2.37. The molecule has 16 heteroatoms. The Morgan fingerprint density at radius 2 is 1.62 bits per heavy atom. The predicted molar refractivity (Wildman–Crippen MR) is 120 cm³/mol. The van der Waals surface area contributed by atoms with E-state index in [1.165, 1.54) is 23.9 Å². The van der Waals surface area contributed by atoms with Crippen molar-refractivity contribution < 1.29 is 54.8 Å². The standard InChI is InChI=1S/C21H19F6N2O6PS/c22-20(23,24)14-7-12(8-15(9-14)21(25,26)27)10-29-5-6-37-11-17(19(29)31)28-18(30)13-1-3-16(4-2-13)35-36(32,33)34/h1-4,7-9,17H,5-6,10-11H2,(H,28,30)(H2,32,33,34)/t17-/m0/s1. The highest BCUT2D eigenvalue weighted by Crippen LogP contribution is 2.38. The van der Waals surface area contributed by atoms with E-state index in [1.54, 1.807) is 0 Å². The van der Waals surface area contributed by atoms with Gasteiger partial charge in [-0.2, -0.15) is 38.1 Å². The molecule has 1 aliphatic heterocycles. The lowest BCUT2D eigenvalue weighted by atomic mass is 10.0. The summed E-state index contributed by atoms with van der Waals surface area (Å²) in [4.78, 5) is 44.4. The van der Waals surface area contributed by atoms with E-state index in [2.05, 4.69) is 9.84 Å². The number of hydrogen-bond acceptors (Lipinski definition) is 5. The second kappa shape index (κ2) is 10.9. The van der Waals surface area contributed by atoms with E-state index in [1.807, 2.05) is 0 Å². The van der Waals surface area contributed by atoms with Gasteiger partial charge in [0.25, 0.3) is 5.91 Å². The number of alkyl halides is 6. The summed E-state index contributed by atoms with van der Waals surface area (Å²) in [7, 11) is -4.81. The number of nitrogens with zero attached hydrogens (tertiary/aromatic N) is 1. The van der Waals surface area contributed by atoms with E-state index in [0.717, 1.165) is 17.0 Å². The van der Waals surface area contributed by atoms with Gasteiger partial charge in [-0.15, -0.1) is 0 Å². The van der Waals surface area contributed by atoms with Gasteiger partial charge in [0.05, 0.1) is 11.1 Å². The molecule has 0 spiro atoms. The van der Waals surface area contributed by atoms with E-state index in [-0.39, 0.29) is 35.2 Å². The number of carbonyl (C=O) groups excluding carboxylic acids is 2. The largest absolute Gasteiger partial charge is 0.524 e. The van der Waals surface area contributed by atoms with Crippen LogP contribution in [0.5, 0.6) is 5.75 Å². The number of rotatable bonds is 6. The molecular weight excluding hydrogens is 553 g/mol. The minimum absolute atomic E-state index is 0.00282. The Kier molecular flexibility index (Phi) is 8.52. The van der Waals surface area contributed by atoms with Gasteiger partial charge >= 0.3 is 20.2 Å². The summed E-state index contributed by atoms with van der Waals surface area (Å²) >= 11 is 1.26. The third-order valence-corrected chi connectivity index (χ3v) is 6.56. The fraction of sp³-hybridized carbons (Fsp3) is 0.333. The number of phosphoric acid groups is 1. The summed E-state index contributed by atoms with van der Waals surface area (Å²) in [5.41, 5.74) is -3.34. The molecule has 8 nitrogen and oxygen atoms in total. The number of carbonyl (C=O) groups is 2. The summed E-state index contributed by atoms with van der Waals surface area (Å²) in [6, 6.07) is 4.60. The molecule has 1 atom stereocenters. The molecule has 2 aromatic carbocycles. The third kappa shape index (κ3) is 8.12. The molecule has 1 saturated heterocycles. The normalized spacial score (nSPS) is 17.4. The van der Waals surface area contributed by atoms with Gasteiger partial charge in [0.1, 0.15) is 11.8 Å². The van der Waals surface area contributed by atoms with Crippen LogP contribution in [0.15, 0.2) is 42.5 Å². The van der Waals surface area contributed by atoms with Crippen LogP contribution < -0.4 is 9.84 Å². The molecular formula is C21H19F6N2O6PS. The zero-order valence-corrected chi connectivity index (χ0v) is 20.3. The number of amides is 2. The first-order valence-corrected chi connectivity index (χ1v) is 13.0. The van der Waals surface area contributed by atoms with E-state index >= 15 is 0 Å². The SMILES string of the molecule is O=C(N[C@H]1CSCCN(Cc2cc(C(F)(F)F)cc(C(F)(F)F)c2)C1=O)c1ccc(OP(=O)(O)O)cc1. The Balaban J connectivity index is 1.77. The van der Waals surface area contributed by atoms with Crippen LogP contribution in [0.4, 0.5) is 26.3 Å². The first-order valence-electron chi connectivity index (χ1n) is 10.3. The van der Waals surface area contributed by atoms with Gasteiger partial charge in [-0.3, -0.25) is 19.4 Å². The molecule has 0 aliphatic carbocycles. The van der Waals surface area contributed by atoms with Crippen LogP contribution in [-0.2, 0) is 28.3 Å². The molecule has 0 aromatic heterocycles. The maximum atomic E-state index is 13.2. The highest BCUT2D eigenvalue weighted by molar-refractivity contribution is 7.99. The molecule has 3 rings (SSSR count). The monoisotopic (exact) mass is 572 g/mol. The minimum Gasteiger partial charge on any atom is -0.404 e. The van der Waals surface area contributed by atoms with Crippen LogP contribution in [0.1, 0.15) is 27.0 Å². The lowest BCUT2D eigenvalue weighted by Crippen LogP contribution is -2.48. The van der Waals surface area contributed by atoms with Crippen LogP contribution >= 0.6 is 19.6 Å². The lowest BCUT2D eigenvalue weighted by Gasteiger charge is -2.25. The highest BCUT2D eigenvalue weighted by atomic mass is 32.2. The number of hydrogen-bond donors (Lipinski definition) is 3. The lowest BCUT2D eigenvalue weighted by molar-refractivity contribution is -0.143. The van der Waals surface area contributed by atoms with Gasteiger partial charge < -0.3 is 14.7 Å². The van der Waals surface area contributed by atoms with Crippen molar-refractivity contribution in [1.29, 1.82) is 0 Å². The number of phosphoric ester groups is 1. The van der Waals surface area contributed by atoms with Gasteiger partial charge in [-0.1, -0.05) is 0 Å². The van der Waals surface area contributed by atoms with Crippen LogP contribution in [-0.4, -0.2) is 50.6 Å². The molecule has 0 unspecified atom stereocenters. The molecule has 0 saturated carbocycles. The first kappa shape index (κ1) is 28.8. The Bertz CT molecular complexity index is 1170. The summed E-state index contributed by atoms with van der Waals surface area (Å²) in [6.07, 6.45) is -10.1. The molecule has 2 aromatic rings. The first-order chi connectivity index (χ1) is 17.0. The van der Waals surface area contributed by atoms with Crippen LogP contribution in [0.2, 0.25) is 0 Å². The van der Waals surface area contributed by atoms with Crippen LogP contribution in [0.3, 0.4) is 0 Å². The second-order valence-electron chi connectivity index (χ2n) is 7.88. The fourth-order valence-corrected chi connectivity index (χ4v) is 4.79. The van der Waals surface area contributed by atoms with Crippen molar-refractivity contribution >= 4 is 31.4 Å². The third-order valence-electron chi connectivity index (χ3n) is 5.07. The van der Waals surface area contributed by atoms with Crippen molar-refractivity contribution in [2.24, 2.45) is 0 Å². The van der Waals surface area contributed by atoms with E-state index in [4.69, 9.17) is 9.79 Å². The zero-order chi connectivity index (χ0) is 27.6. The molecule has 1 aliphatic rings. The molecule has 202 valence electrons. The number of benzene rings is 2. The molecule has 0 bridgehead atoms. The topological polar surface area (TPSA) is 116 Å². The van der Waals surface area contributed by atoms with Crippen molar-refractivity contribution in [3.05, 3.63) is 64.7 Å². The maximum Gasteiger partial charge on any atom is 0.524 e. The molecule has 2 amide bonds. The van der Waals surface area contributed by atoms with Crippen molar-refractivity contribution in [2.75, 3.05) is 18.1 Å². The van der Waals surface area contributed by atoms with Crippen molar-refractivity contribution in [3.63, 3.8) is 0 Å².